The van der Waals surface area contributed by atoms with Crippen LogP contribution >= 0.6 is 45.3 Å². The van der Waals surface area contributed by atoms with Gasteiger partial charge in [0.15, 0.2) is 11.6 Å². The lowest BCUT2D eigenvalue weighted by molar-refractivity contribution is -0.109. The van der Waals surface area contributed by atoms with E-state index in [9.17, 15) is 9.59 Å². The second-order valence-corrected chi connectivity index (χ2v) is 11.0. The first-order valence-corrected chi connectivity index (χ1v) is 14.3. The van der Waals surface area contributed by atoms with Gasteiger partial charge in [-0.25, -0.2) is 0 Å². The standard InChI is InChI=1S/C28H16O2S4/c29-27-23(17-1-5-31-13-17)9-21(10-24(27)18-2-6-32-14-18)22-11-25(19-3-7-33-15-19)28(30)26(12-22)20-4-8-34-16-20/h1-16H. The van der Waals surface area contributed by atoms with Gasteiger partial charge >= 0.3 is 0 Å². The number of hydrogen-bond donors (Lipinski definition) is 0. The Balaban J connectivity index is 1.61. The fraction of sp³-hybridized carbons (Fsp3) is 0. The van der Waals surface area contributed by atoms with E-state index in [0.717, 1.165) is 33.4 Å². The molecule has 34 heavy (non-hydrogen) atoms. The number of carbonyl (C=O) groups is 2. The molecular weight excluding hydrogens is 497 g/mol. The molecule has 0 saturated carbocycles. The van der Waals surface area contributed by atoms with Crippen LogP contribution in [0.3, 0.4) is 0 Å². The van der Waals surface area contributed by atoms with Crippen molar-refractivity contribution >= 4 is 79.2 Å². The van der Waals surface area contributed by atoms with E-state index in [1.165, 1.54) is 0 Å². The maximum atomic E-state index is 13.5. The van der Waals surface area contributed by atoms with Gasteiger partial charge in [0.05, 0.1) is 0 Å². The normalized spacial score (nSPS) is 16.4. The number of rotatable bonds is 4. The van der Waals surface area contributed by atoms with Gasteiger partial charge in [-0.1, -0.05) is 0 Å². The van der Waals surface area contributed by atoms with Crippen molar-refractivity contribution in [3.63, 3.8) is 0 Å². The molecule has 0 amide bonds. The number of Topliss-reactive ketones (excluding diaryl/α,β-unsaturated/α-hetero) is 2. The Bertz CT molecular complexity index is 1300. The summed E-state index contributed by atoms with van der Waals surface area (Å²) >= 11 is 6.30. The Kier molecular flexibility index (Phi) is 5.59. The Labute approximate surface area is 212 Å². The molecule has 0 N–H and O–H groups in total. The molecule has 0 unspecified atom stereocenters. The molecule has 2 nitrogen and oxygen atoms in total. The van der Waals surface area contributed by atoms with E-state index in [1.54, 1.807) is 45.3 Å². The second kappa shape index (κ2) is 8.89. The second-order valence-electron chi connectivity index (χ2n) is 7.85. The molecule has 0 atom stereocenters. The number of allylic oxidation sites excluding steroid dienone is 10. The van der Waals surface area contributed by atoms with E-state index in [2.05, 4.69) is 0 Å². The molecule has 0 spiro atoms. The maximum absolute atomic E-state index is 13.5. The highest BCUT2D eigenvalue weighted by atomic mass is 32.1. The third-order valence-corrected chi connectivity index (χ3v) is 8.57. The van der Waals surface area contributed by atoms with Gasteiger partial charge in [0.1, 0.15) is 0 Å². The Morgan fingerprint density at radius 2 is 0.676 bits per heavy atom. The summed E-state index contributed by atoms with van der Waals surface area (Å²) in [4.78, 5) is 26.9. The third-order valence-electron chi connectivity index (χ3n) is 5.84. The summed E-state index contributed by atoms with van der Waals surface area (Å²) in [6, 6.07) is 7.93. The van der Waals surface area contributed by atoms with Gasteiger partial charge < -0.3 is 0 Å². The van der Waals surface area contributed by atoms with Crippen molar-refractivity contribution in [3.05, 3.63) is 125 Å². The molecular formula is C28H16O2S4. The quantitative estimate of drug-likeness (QED) is 0.277. The molecule has 4 aromatic heterocycles. The first kappa shape index (κ1) is 21.4. The van der Waals surface area contributed by atoms with Gasteiger partial charge in [-0.3, -0.25) is 9.59 Å². The molecule has 0 saturated heterocycles. The minimum absolute atomic E-state index is 0.0251. The molecule has 164 valence electrons. The number of carbonyl (C=O) groups excluding carboxylic acids is 2. The van der Waals surface area contributed by atoms with E-state index in [1.807, 2.05) is 91.6 Å². The zero-order valence-electron chi connectivity index (χ0n) is 17.7. The van der Waals surface area contributed by atoms with Crippen molar-refractivity contribution in [2.45, 2.75) is 0 Å². The summed E-state index contributed by atoms with van der Waals surface area (Å²) in [5.74, 6) is 0.0502. The lowest BCUT2D eigenvalue weighted by Crippen LogP contribution is -2.12. The highest BCUT2D eigenvalue weighted by Gasteiger charge is 2.27. The summed E-state index contributed by atoms with van der Waals surface area (Å²) in [5.41, 5.74) is 8.26. The van der Waals surface area contributed by atoms with Crippen LogP contribution in [-0.2, 0) is 9.59 Å². The highest BCUT2D eigenvalue weighted by molar-refractivity contribution is 7.09. The average Bonchev–Trinajstić information content (AvgIpc) is 3.66. The van der Waals surface area contributed by atoms with Gasteiger partial charge in [0, 0.05) is 22.3 Å². The van der Waals surface area contributed by atoms with E-state index in [0.29, 0.717) is 22.3 Å². The summed E-state index contributed by atoms with van der Waals surface area (Å²) < 4.78 is 0. The Morgan fingerprint density at radius 1 is 0.412 bits per heavy atom. The molecule has 0 fully saturated rings. The molecule has 2 aliphatic rings. The largest absolute Gasteiger partial charge is 0.289 e. The summed E-state index contributed by atoms with van der Waals surface area (Å²) in [5, 5.41) is 16.0. The molecule has 6 rings (SSSR count). The number of hydrogen-bond acceptors (Lipinski definition) is 6. The predicted octanol–water partition coefficient (Wildman–Crippen LogP) is 8.03. The van der Waals surface area contributed by atoms with Gasteiger partial charge in [0.25, 0.3) is 0 Å². The molecule has 0 radical (unpaired) electrons. The monoisotopic (exact) mass is 512 g/mol. The van der Waals surface area contributed by atoms with E-state index in [-0.39, 0.29) is 11.6 Å². The fourth-order valence-electron chi connectivity index (χ4n) is 4.12. The molecule has 0 bridgehead atoms. The first-order valence-electron chi connectivity index (χ1n) is 10.5. The zero-order valence-corrected chi connectivity index (χ0v) is 21.0. The van der Waals surface area contributed by atoms with Crippen LogP contribution in [-0.4, -0.2) is 11.6 Å². The van der Waals surface area contributed by atoms with Gasteiger partial charge in [-0.2, -0.15) is 45.3 Å². The molecule has 4 heterocycles. The Morgan fingerprint density at radius 3 is 0.882 bits per heavy atom. The van der Waals surface area contributed by atoms with Crippen molar-refractivity contribution in [1.29, 1.82) is 0 Å². The summed E-state index contributed by atoms with van der Waals surface area (Å²) in [6.45, 7) is 0. The summed E-state index contributed by atoms with van der Waals surface area (Å²) in [7, 11) is 0. The van der Waals surface area contributed by atoms with Crippen LogP contribution in [0.1, 0.15) is 22.3 Å². The van der Waals surface area contributed by atoms with Crippen LogP contribution in [0.25, 0.3) is 22.3 Å². The van der Waals surface area contributed by atoms with Gasteiger partial charge in [-0.15, -0.1) is 0 Å². The molecule has 4 aromatic rings. The van der Waals surface area contributed by atoms with Crippen molar-refractivity contribution in [1.82, 2.24) is 0 Å². The molecule has 0 aromatic carbocycles. The maximum Gasteiger partial charge on any atom is 0.194 e. The third kappa shape index (κ3) is 3.79. The van der Waals surface area contributed by atoms with Crippen molar-refractivity contribution < 1.29 is 9.59 Å². The van der Waals surface area contributed by atoms with Crippen LogP contribution in [0.5, 0.6) is 0 Å². The van der Waals surface area contributed by atoms with Crippen LogP contribution in [0.15, 0.2) is 103 Å². The van der Waals surface area contributed by atoms with E-state index < -0.39 is 0 Å². The molecule has 2 aliphatic carbocycles. The van der Waals surface area contributed by atoms with Crippen molar-refractivity contribution in [2.24, 2.45) is 0 Å². The van der Waals surface area contributed by atoms with Crippen LogP contribution in [0.4, 0.5) is 0 Å². The molecule has 6 heteroatoms. The lowest BCUT2D eigenvalue weighted by atomic mass is 9.82. The lowest BCUT2D eigenvalue weighted by Gasteiger charge is -2.20. The van der Waals surface area contributed by atoms with Crippen LogP contribution in [0, 0.1) is 0 Å². The van der Waals surface area contributed by atoms with Gasteiger partial charge in [0.2, 0.25) is 0 Å². The topological polar surface area (TPSA) is 34.1 Å². The van der Waals surface area contributed by atoms with Crippen LogP contribution < -0.4 is 0 Å². The zero-order chi connectivity index (χ0) is 23.1. The smallest absolute Gasteiger partial charge is 0.194 e. The Hall–Kier alpha value is -3.16. The molecule has 0 aliphatic heterocycles. The number of ketones is 2. The van der Waals surface area contributed by atoms with Crippen molar-refractivity contribution in [3.8, 4) is 0 Å². The van der Waals surface area contributed by atoms with E-state index in [4.69, 9.17) is 0 Å². The minimum Gasteiger partial charge on any atom is -0.289 e. The SMILES string of the molecule is O=C1C(c2ccsc2)=CC(=C2C=C(c3ccsc3)C(=O)C(c3ccsc3)=C2)C=C1c1ccsc1. The van der Waals surface area contributed by atoms with E-state index >= 15 is 0 Å². The minimum atomic E-state index is 0.0251. The fourth-order valence-corrected chi connectivity index (χ4v) is 6.74. The van der Waals surface area contributed by atoms with Gasteiger partial charge in [-0.05, 0) is 125 Å². The summed E-state index contributed by atoms with van der Waals surface area (Å²) in [6.07, 6.45) is 7.87. The average molecular weight is 513 g/mol. The highest BCUT2D eigenvalue weighted by Crippen LogP contribution is 2.39. The number of thiophene rings is 4. The van der Waals surface area contributed by atoms with Crippen molar-refractivity contribution in [2.75, 3.05) is 0 Å². The first-order chi connectivity index (χ1) is 16.7. The predicted molar refractivity (Wildman–Crippen MR) is 146 cm³/mol. The van der Waals surface area contributed by atoms with Crippen LogP contribution in [0.2, 0.25) is 0 Å².